The number of hydrogen-bond acceptors (Lipinski definition) is 0. The normalized spacial score (nSPS) is 11.3. The van der Waals surface area contributed by atoms with Crippen LogP contribution < -0.4 is 8.79 Å². The van der Waals surface area contributed by atoms with E-state index in [1.807, 2.05) is 0 Å². The van der Waals surface area contributed by atoms with Crippen LogP contribution in [0.15, 0.2) is 91.0 Å². The average molecular weight is 398 g/mol. The molecule has 0 saturated carbocycles. The molecular formula is C19H17BrGe. The summed E-state index contributed by atoms with van der Waals surface area (Å²) in [5, 5.41) is 1.11. The van der Waals surface area contributed by atoms with E-state index in [0.717, 1.165) is 5.25 Å². The summed E-state index contributed by atoms with van der Waals surface area (Å²) in [7, 11) is 0. The Labute approximate surface area is 135 Å². The van der Waals surface area contributed by atoms with Crippen molar-refractivity contribution in [2.45, 2.75) is 5.25 Å². The van der Waals surface area contributed by atoms with Crippen molar-refractivity contribution in [3.05, 3.63) is 96.6 Å². The quantitative estimate of drug-likeness (QED) is 0.585. The van der Waals surface area contributed by atoms with Gasteiger partial charge in [-0.3, -0.25) is 0 Å². The average Bonchev–Trinajstić information content (AvgIpc) is 2.57. The zero-order chi connectivity index (χ0) is 14.5. The molecule has 0 atom stereocenters. The summed E-state index contributed by atoms with van der Waals surface area (Å²) in [6.45, 7) is 0. The summed E-state index contributed by atoms with van der Waals surface area (Å²) in [4.78, 5) is 0. The number of hydrogen-bond donors (Lipinski definition) is 0. The van der Waals surface area contributed by atoms with Crippen molar-refractivity contribution in [1.82, 2.24) is 0 Å². The second kappa shape index (κ2) is 6.63. The van der Waals surface area contributed by atoms with Gasteiger partial charge in [-0.2, -0.15) is 0 Å². The molecule has 21 heavy (non-hydrogen) atoms. The third-order valence-corrected chi connectivity index (χ3v) is 17.1. The molecule has 0 saturated heterocycles. The van der Waals surface area contributed by atoms with Gasteiger partial charge in [-0.25, -0.2) is 0 Å². The first-order chi connectivity index (χ1) is 10.3. The maximum atomic E-state index is 4.23. The van der Waals surface area contributed by atoms with Crippen LogP contribution in [0.1, 0.15) is 5.56 Å². The minimum absolute atomic E-state index is 1.11. The van der Waals surface area contributed by atoms with Crippen molar-refractivity contribution in [2.75, 3.05) is 0 Å². The first kappa shape index (κ1) is 14.6. The topological polar surface area (TPSA) is 0 Å². The van der Waals surface area contributed by atoms with Crippen molar-refractivity contribution < 1.29 is 0 Å². The summed E-state index contributed by atoms with van der Waals surface area (Å²) >= 11 is 1.69. The summed E-state index contributed by atoms with van der Waals surface area (Å²) in [5.41, 5.74) is 1.40. The molecule has 0 aliphatic heterocycles. The Morgan fingerprint density at radius 3 is 1.38 bits per heavy atom. The van der Waals surface area contributed by atoms with Crippen LogP contribution in [0.25, 0.3) is 0 Å². The number of rotatable bonds is 4. The van der Waals surface area contributed by atoms with E-state index in [1.54, 1.807) is 0 Å². The van der Waals surface area contributed by atoms with Gasteiger partial charge in [-0.1, -0.05) is 0 Å². The van der Waals surface area contributed by atoms with E-state index in [2.05, 4.69) is 105 Å². The molecule has 0 aliphatic rings. The van der Waals surface area contributed by atoms with Gasteiger partial charge in [0, 0.05) is 0 Å². The number of halogens is 1. The van der Waals surface area contributed by atoms with E-state index in [-0.39, 0.29) is 0 Å². The minimum atomic E-state index is -2.54. The van der Waals surface area contributed by atoms with E-state index in [0.29, 0.717) is 0 Å². The first-order valence-electron chi connectivity index (χ1n) is 7.13. The molecule has 0 amide bonds. The van der Waals surface area contributed by atoms with Gasteiger partial charge in [0.1, 0.15) is 0 Å². The van der Waals surface area contributed by atoms with Crippen LogP contribution in [0.4, 0.5) is 0 Å². The monoisotopic (exact) mass is 398 g/mol. The molecule has 0 aliphatic carbocycles. The number of benzene rings is 3. The van der Waals surface area contributed by atoms with Crippen LogP contribution in [0, 0.1) is 0 Å². The van der Waals surface area contributed by atoms with E-state index >= 15 is 0 Å². The molecular weight excluding hydrogens is 381 g/mol. The van der Waals surface area contributed by atoms with Crippen molar-refractivity contribution in [3.63, 3.8) is 0 Å². The third-order valence-electron chi connectivity index (χ3n) is 3.75. The molecule has 3 rings (SSSR count). The molecule has 0 N–H and O–H groups in total. The van der Waals surface area contributed by atoms with Crippen molar-refractivity contribution in [2.24, 2.45) is 0 Å². The Morgan fingerprint density at radius 2 is 0.952 bits per heavy atom. The fourth-order valence-corrected chi connectivity index (χ4v) is 13.3. The second-order valence-electron chi connectivity index (χ2n) is 5.20. The van der Waals surface area contributed by atoms with Gasteiger partial charge in [-0.05, 0) is 0 Å². The van der Waals surface area contributed by atoms with Crippen LogP contribution in [0.2, 0.25) is 0 Å². The second-order valence-corrected chi connectivity index (χ2v) is 18.8. The summed E-state index contributed by atoms with van der Waals surface area (Å²) in [5.74, 6) is 0. The maximum absolute atomic E-state index is 4.23. The van der Waals surface area contributed by atoms with E-state index in [9.17, 15) is 0 Å². The third kappa shape index (κ3) is 3.30. The molecule has 0 bridgehead atoms. The SMILES string of the molecule is [Br][Ge]([CH2]c1ccccc1)([c]1ccccc1)[c]1ccccc1. The predicted molar refractivity (Wildman–Crippen MR) is 97.0 cm³/mol. The molecule has 104 valence electrons. The van der Waals surface area contributed by atoms with Crippen LogP contribution >= 0.6 is 14.0 Å². The summed E-state index contributed by atoms with van der Waals surface area (Å²) < 4.78 is 2.93. The predicted octanol–water partition coefficient (Wildman–Crippen LogP) is 3.92. The van der Waals surface area contributed by atoms with Crippen LogP contribution in [-0.2, 0) is 5.25 Å². The Morgan fingerprint density at radius 1 is 0.571 bits per heavy atom. The molecule has 0 fully saturated rings. The Hall–Kier alpha value is -1.32. The standard InChI is InChI=1S/C19H17BrGe/c20-21(18-12-6-2-7-13-18,19-14-8-3-9-15-19)16-17-10-4-1-5-11-17/h1-15H,16H2. The van der Waals surface area contributed by atoms with Gasteiger partial charge in [-0.15, -0.1) is 0 Å². The Balaban J connectivity index is 2.07. The Bertz CT molecular complexity index is 641. The van der Waals surface area contributed by atoms with Gasteiger partial charge in [0.2, 0.25) is 0 Å². The fraction of sp³-hybridized carbons (Fsp3) is 0.0526. The molecule has 3 aromatic carbocycles. The van der Waals surface area contributed by atoms with E-state index < -0.39 is 11.4 Å². The molecule has 2 heteroatoms. The molecule has 0 aromatic heterocycles. The molecule has 0 unspecified atom stereocenters. The van der Waals surface area contributed by atoms with E-state index in [4.69, 9.17) is 0 Å². The van der Waals surface area contributed by atoms with Gasteiger partial charge < -0.3 is 0 Å². The van der Waals surface area contributed by atoms with E-state index in [1.165, 1.54) is 14.4 Å². The molecule has 0 spiro atoms. The van der Waals surface area contributed by atoms with Gasteiger partial charge in [0.05, 0.1) is 0 Å². The Kier molecular flexibility index (Phi) is 4.61. The van der Waals surface area contributed by atoms with Crippen molar-refractivity contribution in [3.8, 4) is 0 Å². The summed E-state index contributed by atoms with van der Waals surface area (Å²) in [6.07, 6.45) is 0. The van der Waals surface area contributed by atoms with Crippen molar-refractivity contribution in [1.29, 1.82) is 0 Å². The summed E-state index contributed by atoms with van der Waals surface area (Å²) in [6, 6.07) is 32.6. The molecule has 3 aromatic rings. The molecule has 0 heterocycles. The molecule has 0 nitrogen and oxygen atoms in total. The van der Waals surface area contributed by atoms with Crippen LogP contribution in [0.3, 0.4) is 0 Å². The van der Waals surface area contributed by atoms with Crippen molar-refractivity contribution >= 4 is 34.2 Å². The zero-order valence-electron chi connectivity index (χ0n) is 11.7. The van der Waals surface area contributed by atoms with Gasteiger partial charge >= 0.3 is 136 Å². The molecule has 0 radical (unpaired) electrons. The van der Waals surface area contributed by atoms with Crippen LogP contribution in [-0.4, -0.2) is 11.4 Å². The zero-order valence-corrected chi connectivity index (χ0v) is 15.4. The van der Waals surface area contributed by atoms with Gasteiger partial charge in [0.25, 0.3) is 0 Å². The fourth-order valence-electron chi connectivity index (χ4n) is 2.65. The first-order valence-corrected chi connectivity index (χ1v) is 15.6. The van der Waals surface area contributed by atoms with Gasteiger partial charge in [0.15, 0.2) is 0 Å². The van der Waals surface area contributed by atoms with Crippen LogP contribution in [0.5, 0.6) is 0 Å².